The van der Waals surface area contributed by atoms with E-state index in [1.165, 1.54) is 122 Å². The summed E-state index contributed by atoms with van der Waals surface area (Å²) in [7, 11) is 0. The molecule has 0 aromatic carbocycles. The molecule has 0 bridgehead atoms. The van der Waals surface area contributed by atoms with Crippen LogP contribution in [0, 0.1) is 0 Å². The second-order valence-corrected chi connectivity index (χ2v) is 12.6. The Morgan fingerprint density at radius 1 is 0.489 bits per heavy atom. The molecule has 45 heavy (non-hydrogen) atoms. The number of rotatable bonds is 33. The van der Waals surface area contributed by atoms with Crippen molar-refractivity contribution in [3.63, 3.8) is 0 Å². The molecule has 0 aromatic heterocycles. The van der Waals surface area contributed by atoms with Crippen molar-refractivity contribution in [2.75, 3.05) is 13.2 Å². The van der Waals surface area contributed by atoms with Crippen molar-refractivity contribution in [2.24, 2.45) is 0 Å². The molecule has 0 aliphatic heterocycles. The molecular formula is C39H70O6. The lowest BCUT2D eigenvalue weighted by atomic mass is 10.0. The molecular weight excluding hydrogens is 564 g/mol. The molecule has 1 atom stereocenters. The lowest BCUT2D eigenvalue weighted by molar-refractivity contribution is -0.163. The molecule has 0 radical (unpaired) electrons. The minimum Gasteiger partial charge on any atom is -0.462 e. The van der Waals surface area contributed by atoms with Crippen LogP contribution in [0.2, 0.25) is 0 Å². The molecule has 0 heterocycles. The zero-order chi connectivity index (χ0) is 33.1. The number of carbonyl (C=O) groups is 3. The van der Waals surface area contributed by atoms with E-state index in [1.54, 1.807) is 18.2 Å². The fraction of sp³-hybridized carbons (Fsp3) is 0.821. The molecule has 0 unspecified atom stereocenters. The van der Waals surface area contributed by atoms with Crippen LogP contribution >= 0.6 is 0 Å². The lowest BCUT2D eigenvalue weighted by Crippen LogP contribution is -2.30. The molecule has 0 aliphatic rings. The van der Waals surface area contributed by atoms with Gasteiger partial charge in [-0.05, 0) is 19.8 Å². The van der Waals surface area contributed by atoms with E-state index in [9.17, 15) is 14.4 Å². The van der Waals surface area contributed by atoms with E-state index in [2.05, 4.69) is 13.8 Å². The molecule has 262 valence electrons. The molecule has 0 aromatic rings. The summed E-state index contributed by atoms with van der Waals surface area (Å²) in [5.74, 6) is -1.18. The summed E-state index contributed by atoms with van der Waals surface area (Å²) in [6.45, 7) is 6.11. The Balaban J connectivity index is 4.13. The van der Waals surface area contributed by atoms with Crippen LogP contribution in [-0.4, -0.2) is 37.2 Å². The van der Waals surface area contributed by atoms with Gasteiger partial charge in [0.1, 0.15) is 13.2 Å². The normalized spacial score (nSPS) is 12.2. The Labute approximate surface area is 277 Å². The van der Waals surface area contributed by atoms with Crippen LogP contribution in [0.25, 0.3) is 0 Å². The third kappa shape index (κ3) is 33.1. The van der Waals surface area contributed by atoms with Gasteiger partial charge in [-0.1, -0.05) is 173 Å². The van der Waals surface area contributed by atoms with Crippen molar-refractivity contribution >= 4 is 17.9 Å². The van der Waals surface area contributed by atoms with Gasteiger partial charge in [-0.2, -0.15) is 0 Å². The monoisotopic (exact) mass is 635 g/mol. The Hall–Kier alpha value is -2.11. The summed E-state index contributed by atoms with van der Waals surface area (Å²) in [5.41, 5.74) is 0. The van der Waals surface area contributed by atoms with Gasteiger partial charge >= 0.3 is 17.9 Å². The van der Waals surface area contributed by atoms with Gasteiger partial charge < -0.3 is 14.2 Å². The third-order valence-electron chi connectivity index (χ3n) is 8.15. The first-order valence-electron chi connectivity index (χ1n) is 18.8. The number of ether oxygens (including phenoxy) is 3. The number of allylic oxidation sites excluding steroid dienone is 3. The van der Waals surface area contributed by atoms with E-state index < -0.39 is 12.1 Å². The van der Waals surface area contributed by atoms with Gasteiger partial charge in [-0.25, -0.2) is 4.79 Å². The van der Waals surface area contributed by atoms with Crippen LogP contribution in [0.1, 0.15) is 188 Å². The summed E-state index contributed by atoms with van der Waals surface area (Å²) >= 11 is 0. The van der Waals surface area contributed by atoms with Gasteiger partial charge in [0.2, 0.25) is 0 Å². The van der Waals surface area contributed by atoms with Crippen LogP contribution < -0.4 is 0 Å². The SMILES string of the molecule is C/C=C/C=C/C(=O)O[C@@H](COC(=O)CCCCCCCCCCCCC)COC(=O)CCCCCCCCCCCCCCC. The second-order valence-electron chi connectivity index (χ2n) is 12.6. The van der Waals surface area contributed by atoms with Crippen LogP contribution in [0.4, 0.5) is 0 Å². The molecule has 0 rings (SSSR count). The molecule has 0 saturated carbocycles. The number of hydrogen-bond acceptors (Lipinski definition) is 6. The first-order valence-corrected chi connectivity index (χ1v) is 18.8. The molecule has 0 amide bonds. The predicted molar refractivity (Wildman–Crippen MR) is 187 cm³/mol. The second kappa shape index (κ2) is 34.8. The molecule has 0 N–H and O–H groups in total. The average molecular weight is 635 g/mol. The highest BCUT2D eigenvalue weighted by molar-refractivity contribution is 5.82. The Morgan fingerprint density at radius 3 is 1.16 bits per heavy atom. The van der Waals surface area contributed by atoms with Gasteiger partial charge in [-0.15, -0.1) is 0 Å². The Kier molecular flexibility index (Phi) is 33.1. The van der Waals surface area contributed by atoms with Gasteiger partial charge in [0.05, 0.1) is 0 Å². The minimum atomic E-state index is -0.829. The van der Waals surface area contributed by atoms with Crippen molar-refractivity contribution in [2.45, 2.75) is 194 Å². The Morgan fingerprint density at radius 2 is 0.822 bits per heavy atom. The van der Waals surface area contributed by atoms with Crippen LogP contribution in [0.5, 0.6) is 0 Å². The predicted octanol–water partition coefficient (Wildman–Crippen LogP) is 11.3. The first-order chi connectivity index (χ1) is 22.0. The fourth-order valence-electron chi connectivity index (χ4n) is 5.30. The first kappa shape index (κ1) is 42.9. The van der Waals surface area contributed by atoms with E-state index in [4.69, 9.17) is 14.2 Å². The highest BCUT2D eigenvalue weighted by atomic mass is 16.6. The van der Waals surface area contributed by atoms with E-state index in [-0.39, 0.29) is 25.2 Å². The van der Waals surface area contributed by atoms with Crippen LogP contribution in [0.15, 0.2) is 24.3 Å². The molecule has 0 aliphatic carbocycles. The van der Waals surface area contributed by atoms with Gasteiger partial charge in [0, 0.05) is 18.9 Å². The summed E-state index contributed by atoms with van der Waals surface area (Å²) < 4.78 is 16.2. The highest BCUT2D eigenvalue weighted by Crippen LogP contribution is 2.14. The highest BCUT2D eigenvalue weighted by Gasteiger charge is 2.18. The minimum absolute atomic E-state index is 0.119. The van der Waals surface area contributed by atoms with E-state index in [0.29, 0.717) is 12.8 Å². The zero-order valence-corrected chi connectivity index (χ0v) is 29.6. The largest absolute Gasteiger partial charge is 0.462 e. The zero-order valence-electron chi connectivity index (χ0n) is 29.6. The van der Waals surface area contributed by atoms with Crippen molar-refractivity contribution in [1.29, 1.82) is 0 Å². The van der Waals surface area contributed by atoms with Crippen molar-refractivity contribution in [1.82, 2.24) is 0 Å². The molecule has 0 spiro atoms. The number of unbranched alkanes of at least 4 members (excludes halogenated alkanes) is 22. The number of carbonyl (C=O) groups excluding carboxylic acids is 3. The van der Waals surface area contributed by atoms with Crippen LogP contribution in [-0.2, 0) is 28.6 Å². The van der Waals surface area contributed by atoms with E-state index >= 15 is 0 Å². The summed E-state index contributed by atoms with van der Waals surface area (Å²) in [6.07, 6.45) is 35.9. The van der Waals surface area contributed by atoms with Gasteiger partial charge in [0.25, 0.3) is 0 Å². The van der Waals surface area contributed by atoms with Crippen molar-refractivity contribution in [3.05, 3.63) is 24.3 Å². The summed E-state index contributed by atoms with van der Waals surface area (Å²) in [5, 5.41) is 0. The van der Waals surface area contributed by atoms with Crippen molar-refractivity contribution < 1.29 is 28.6 Å². The van der Waals surface area contributed by atoms with Gasteiger partial charge in [-0.3, -0.25) is 9.59 Å². The van der Waals surface area contributed by atoms with Crippen molar-refractivity contribution in [3.8, 4) is 0 Å². The quantitative estimate of drug-likeness (QED) is 0.0235. The summed E-state index contributed by atoms with van der Waals surface area (Å²) in [6, 6.07) is 0. The molecule has 6 nitrogen and oxygen atoms in total. The summed E-state index contributed by atoms with van der Waals surface area (Å²) in [4.78, 5) is 36.8. The fourth-order valence-corrected chi connectivity index (χ4v) is 5.30. The topological polar surface area (TPSA) is 78.9 Å². The molecule has 0 saturated heterocycles. The number of hydrogen-bond donors (Lipinski definition) is 0. The maximum atomic E-state index is 12.3. The molecule has 0 fully saturated rings. The number of esters is 3. The van der Waals surface area contributed by atoms with Crippen LogP contribution in [0.3, 0.4) is 0 Å². The van der Waals surface area contributed by atoms with Gasteiger partial charge in [0.15, 0.2) is 6.10 Å². The smallest absolute Gasteiger partial charge is 0.331 e. The Bertz CT molecular complexity index is 744. The molecule has 6 heteroatoms. The third-order valence-corrected chi connectivity index (χ3v) is 8.15. The average Bonchev–Trinajstić information content (AvgIpc) is 3.03. The standard InChI is InChI=1S/C39H70O6/c1-4-7-10-12-14-16-18-19-21-23-25-27-30-32-38(41)44-35-36(45-39(42)33-28-9-6-3)34-43-37(40)31-29-26-24-22-20-17-15-13-11-8-5-2/h6,9,28,33,36H,4-5,7-8,10-27,29-32,34-35H2,1-3H3/b9-6+,33-28+/t36-/m0/s1. The lowest BCUT2D eigenvalue weighted by Gasteiger charge is -2.17. The maximum Gasteiger partial charge on any atom is 0.331 e. The van der Waals surface area contributed by atoms with E-state index in [0.717, 1.165) is 38.5 Å². The van der Waals surface area contributed by atoms with E-state index in [1.807, 2.05) is 6.92 Å². The maximum absolute atomic E-state index is 12.3.